The summed E-state index contributed by atoms with van der Waals surface area (Å²) in [4.78, 5) is 28.2. The molecule has 0 aromatic heterocycles. The van der Waals surface area contributed by atoms with E-state index in [0.717, 1.165) is 34.6 Å². The number of carbonyl (C=O) groups excluding carboxylic acids is 1. The molecule has 5 aliphatic rings. The topological polar surface area (TPSA) is 88.1 Å². The Hall–Kier alpha value is -3.06. The molecule has 1 aliphatic heterocycles. The normalized spacial score (nSPS) is 32.7. The molecule has 2 N–H and O–H groups in total. The number of benzene rings is 2. The molecule has 4 bridgehead atoms. The molecule has 4 saturated carbocycles. The molecule has 0 spiro atoms. The van der Waals surface area contributed by atoms with E-state index in [9.17, 15) is 14.7 Å². The van der Waals surface area contributed by atoms with Crippen LogP contribution in [0.5, 0.6) is 5.75 Å². The first-order valence-electron chi connectivity index (χ1n) is 16.6. The summed E-state index contributed by atoms with van der Waals surface area (Å²) in [6, 6.07) is 14.6. The lowest BCUT2D eigenvalue weighted by Gasteiger charge is -2.57. The van der Waals surface area contributed by atoms with Crippen LogP contribution in [0, 0.1) is 29.1 Å². The Balaban J connectivity index is 1.37. The maximum absolute atomic E-state index is 13.7. The van der Waals surface area contributed by atoms with Gasteiger partial charge in [-0.3, -0.25) is 4.90 Å². The maximum atomic E-state index is 13.7. The van der Waals surface area contributed by atoms with Crippen LogP contribution in [0.25, 0.3) is 0 Å². The Morgan fingerprint density at radius 1 is 1.00 bits per heavy atom. The van der Waals surface area contributed by atoms with E-state index in [2.05, 4.69) is 44.3 Å². The summed E-state index contributed by atoms with van der Waals surface area (Å²) in [5, 5.41) is 14.5. The average molecular weight is 603 g/mol. The molecule has 0 radical (unpaired) electrons. The summed E-state index contributed by atoms with van der Waals surface area (Å²) >= 11 is 0. The first-order valence-corrected chi connectivity index (χ1v) is 16.6. The number of methoxy groups -OCH3 is 1. The lowest BCUT2D eigenvalue weighted by Crippen LogP contribution is -2.48. The van der Waals surface area contributed by atoms with E-state index in [1.54, 1.807) is 21.0 Å². The molecule has 7 nitrogen and oxygen atoms in total. The number of aliphatic carboxylic acids is 1. The zero-order valence-electron chi connectivity index (χ0n) is 27.2. The Morgan fingerprint density at radius 3 is 2.14 bits per heavy atom. The van der Waals surface area contributed by atoms with Crippen LogP contribution in [-0.4, -0.2) is 47.4 Å². The summed E-state index contributed by atoms with van der Waals surface area (Å²) in [6.07, 6.45) is 7.11. The van der Waals surface area contributed by atoms with Crippen LogP contribution in [0.1, 0.15) is 95.9 Å². The molecule has 44 heavy (non-hydrogen) atoms. The van der Waals surface area contributed by atoms with Crippen LogP contribution in [0.4, 0.5) is 4.79 Å². The van der Waals surface area contributed by atoms with E-state index in [4.69, 9.17) is 9.47 Å². The lowest BCUT2D eigenvalue weighted by atomic mass is 9.48. The van der Waals surface area contributed by atoms with E-state index in [1.165, 1.54) is 49.0 Å². The number of hydrogen-bond donors (Lipinski definition) is 2. The fourth-order valence-corrected chi connectivity index (χ4v) is 9.88. The average Bonchev–Trinajstić information content (AvgIpc) is 3.32. The van der Waals surface area contributed by atoms with Crippen molar-refractivity contribution >= 4 is 12.1 Å². The zero-order chi connectivity index (χ0) is 31.4. The molecule has 4 unspecified atom stereocenters. The largest absolute Gasteiger partial charge is 0.496 e. The fourth-order valence-electron chi connectivity index (χ4n) is 9.88. The van der Waals surface area contributed by atoms with Crippen molar-refractivity contribution in [2.45, 2.75) is 109 Å². The van der Waals surface area contributed by atoms with Crippen LogP contribution < -0.4 is 10.1 Å². The molecular weight excluding hydrogens is 552 g/mol. The van der Waals surface area contributed by atoms with E-state index >= 15 is 0 Å². The van der Waals surface area contributed by atoms with Gasteiger partial charge in [-0.15, -0.1) is 0 Å². The molecule has 1 heterocycles. The molecule has 5 fully saturated rings. The molecule has 4 atom stereocenters. The summed E-state index contributed by atoms with van der Waals surface area (Å²) < 4.78 is 11.6. The van der Waals surface area contributed by atoms with Crippen LogP contribution in [0.15, 0.2) is 48.5 Å². The van der Waals surface area contributed by atoms with Crippen molar-refractivity contribution in [2.75, 3.05) is 7.11 Å². The molecule has 4 aliphatic carbocycles. The number of carboxylic acids is 1. The van der Waals surface area contributed by atoms with Gasteiger partial charge in [-0.1, -0.05) is 63.2 Å². The van der Waals surface area contributed by atoms with Gasteiger partial charge in [-0.25, -0.2) is 9.59 Å². The van der Waals surface area contributed by atoms with Crippen molar-refractivity contribution in [3.63, 3.8) is 0 Å². The van der Waals surface area contributed by atoms with Crippen molar-refractivity contribution in [3.05, 3.63) is 65.2 Å². The third kappa shape index (κ3) is 5.61. The summed E-state index contributed by atoms with van der Waals surface area (Å²) in [5.74, 6) is 1.99. The highest BCUT2D eigenvalue weighted by Crippen LogP contribution is 2.61. The second kappa shape index (κ2) is 11.7. The molecule has 2 aromatic rings. The monoisotopic (exact) mass is 602 g/mol. The van der Waals surface area contributed by atoms with Crippen LogP contribution in [0.2, 0.25) is 0 Å². The van der Waals surface area contributed by atoms with Gasteiger partial charge in [0.1, 0.15) is 11.8 Å². The fraction of sp³-hybridized carbons (Fsp3) is 0.622. The smallest absolute Gasteiger partial charge is 0.411 e. The van der Waals surface area contributed by atoms with E-state index in [1.807, 2.05) is 30.3 Å². The predicted octanol–water partition coefficient (Wildman–Crippen LogP) is 7.34. The second-order valence-electron chi connectivity index (χ2n) is 15.5. The third-order valence-corrected chi connectivity index (χ3v) is 11.1. The first kappa shape index (κ1) is 30.9. The minimum atomic E-state index is -1.05. The number of carboxylic acid groups (broad SMARTS) is 1. The lowest BCUT2D eigenvalue weighted by molar-refractivity contribution is -0.144. The number of amides is 1. The molecule has 1 amide bonds. The Labute approximate surface area is 262 Å². The van der Waals surface area contributed by atoms with Gasteiger partial charge in [0.05, 0.1) is 19.3 Å². The predicted molar refractivity (Wildman–Crippen MR) is 170 cm³/mol. The number of likely N-dealkylation sites (tertiary alicyclic amines) is 1. The SMILES string of the molecule is COc1ccc(C23CC4CC(CC(C4)C2)C3)cc1CNC1C(c2ccccc2)N(C(=O)OC(C)C)C(C(=O)O)C1C(C)(C)C. The van der Waals surface area contributed by atoms with Gasteiger partial charge >= 0.3 is 12.1 Å². The standard InChI is InChI=1S/C37H50N2O5/c1-22(2)44-35(42)39-32(26-10-8-7-9-11-26)31(30(36(3,4)5)33(39)34(40)41)38-21-27-17-28(12-13-29(27)43-6)37-18-23-14-24(19-37)16-25(15-23)20-37/h7-13,17,22-25,30-33,38H,14-16,18-21H2,1-6H3,(H,40,41). The van der Waals surface area contributed by atoms with Crippen molar-refractivity contribution < 1.29 is 24.2 Å². The number of nitrogens with one attached hydrogen (secondary N) is 1. The molecule has 238 valence electrons. The number of carbonyl (C=O) groups is 2. The summed E-state index contributed by atoms with van der Waals surface area (Å²) in [5.41, 5.74) is 3.23. The molecular formula is C37H50N2O5. The van der Waals surface area contributed by atoms with Gasteiger partial charge in [0.2, 0.25) is 0 Å². The van der Waals surface area contributed by atoms with Gasteiger partial charge < -0.3 is 19.9 Å². The van der Waals surface area contributed by atoms with Crippen LogP contribution in [-0.2, 0) is 21.5 Å². The highest BCUT2D eigenvalue weighted by Gasteiger charge is 2.58. The van der Waals surface area contributed by atoms with E-state index < -0.39 is 29.6 Å². The summed E-state index contributed by atoms with van der Waals surface area (Å²) in [7, 11) is 1.72. The number of hydrogen-bond acceptors (Lipinski definition) is 5. The van der Waals surface area contributed by atoms with Crippen molar-refractivity contribution in [1.29, 1.82) is 0 Å². The summed E-state index contributed by atoms with van der Waals surface area (Å²) in [6.45, 7) is 10.3. The number of nitrogens with zero attached hydrogens (tertiary/aromatic N) is 1. The van der Waals surface area contributed by atoms with Gasteiger partial charge in [0, 0.05) is 24.1 Å². The molecule has 2 aromatic carbocycles. The minimum absolute atomic E-state index is 0.259. The van der Waals surface area contributed by atoms with Gasteiger partial charge in [-0.2, -0.15) is 0 Å². The molecule has 7 heteroatoms. The van der Waals surface area contributed by atoms with Crippen molar-refractivity contribution in [1.82, 2.24) is 10.2 Å². The van der Waals surface area contributed by atoms with E-state index in [-0.39, 0.29) is 23.5 Å². The first-order chi connectivity index (χ1) is 20.9. The van der Waals surface area contributed by atoms with Crippen LogP contribution >= 0.6 is 0 Å². The third-order valence-electron chi connectivity index (χ3n) is 11.1. The quantitative estimate of drug-likeness (QED) is 0.329. The highest BCUT2D eigenvalue weighted by atomic mass is 16.6. The second-order valence-corrected chi connectivity index (χ2v) is 15.5. The van der Waals surface area contributed by atoms with Gasteiger partial charge in [0.25, 0.3) is 0 Å². The van der Waals surface area contributed by atoms with Crippen LogP contribution in [0.3, 0.4) is 0 Å². The Kier molecular flexibility index (Phi) is 8.23. The van der Waals surface area contributed by atoms with Gasteiger partial charge in [0.15, 0.2) is 0 Å². The van der Waals surface area contributed by atoms with Crippen molar-refractivity contribution in [3.8, 4) is 5.75 Å². The molecule has 7 rings (SSSR count). The highest BCUT2D eigenvalue weighted by molar-refractivity contribution is 5.82. The number of rotatable bonds is 8. The Morgan fingerprint density at radius 2 is 1.61 bits per heavy atom. The maximum Gasteiger partial charge on any atom is 0.411 e. The Bertz CT molecular complexity index is 1330. The molecule has 1 saturated heterocycles. The van der Waals surface area contributed by atoms with E-state index in [0.29, 0.717) is 6.54 Å². The minimum Gasteiger partial charge on any atom is -0.496 e. The number of ether oxygens (including phenoxy) is 2. The van der Waals surface area contributed by atoms with Gasteiger partial charge in [-0.05, 0) is 98.1 Å². The zero-order valence-corrected chi connectivity index (χ0v) is 27.2. The van der Waals surface area contributed by atoms with Crippen molar-refractivity contribution in [2.24, 2.45) is 29.1 Å².